The largest absolute Gasteiger partial charge is 0.488 e. The van der Waals surface area contributed by atoms with E-state index < -0.39 is 5.97 Å². The lowest BCUT2D eigenvalue weighted by Gasteiger charge is -2.09. The van der Waals surface area contributed by atoms with Crippen molar-refractivity contribution in [3.8, 4) is 5.75 Å². The number of hydrogen-bond donors (Lipinski definition) is 0. The Morgan fingerprint density at radius 3 is 2.68 bits per heavy atom. The number of aromatic nitrogens is 2. The summed E-state index contributed by atoms with van der Waals surface area (Å²) in [6.07, 6.45) is 1.34. The van der Waals surface area contributed by atoms with Crippen LogP contribution in [0.1, 0.15) is 0 Å². The van der Waals surface area contributed by atoms with Gasteiger partial charge in [0.1, 0.15) is 25.5 Å². The van der Waals surface area contributed by atoms with Gasteiger partial charge in [-0.05, 0) is 24.3 Å². The first-order chi connectivity index (χ1) is 12.1. The Morgan fingerprint density at radius 2 is 1.84 bits per heavy atom. The Balaban J connectivity index is 1.54. The van der Waals surface area contributed by atoms with Crippen LogP contribution in [0, 0.1) is 0 Å². The van der Waals surface area contributed by atoms with Crippen LogP contribution in [0.25, 0.3) is 10.9 Å². The Kier molecular flexibility index (Phi) is 5.30. The molecular weight excluding hydrogens is 344 g/mol. The van der Waals surface area contributed by atoms with Gasteiger partial charge in [-0.15, -0.1) is 0 Å². The highest BCUT2D eigenvalue weighted by atomic mass is 35.5. The SMILES string of the molecule is O=C(Cn1cnc2ccccc2c1=O)OCCOc1ccccc1Cl. The summed E-state index contributed by atoms with van der Waals surface area (Å²) in [7, 11) is 0. The lowest BCUT2D eigenvalue weighted by molar-refractivity contribution is -0.145. The molecule has 128 valence electrons. The summed E-state index contributed by atoms with van der Waals surface area (Å²) in [4.78, 5) is 28.3. The van der Waals surface area contributed by atoms with Crippen LogP contribution in [-0.2, 0) is 16.1 Å². The number of halogens is 1. The Hall–Kier alpha value is -2.86. The van der Waals surface area contributed by atoms with Gasteiger partial charge >= 0.3 is 5.97 Å². The molecular formula is C18H15ClN2O4. The van der Waals surface area contributed by atoms with Gasteiger partial charge in [0.2, 0.25) is 0 Å². The summed E-state index contributed by atoms with van der Waals surface area (Å²) in [5, 5.41) is 0.947. The van der Waals surface area contributed by atoms with Crippen molar-refractivity contribution in [1.82, 2.24) is 9.55 Å². The van der Waals surface area contributed by atoms with Gasteiger partial charge < -0.3 is 9.47 Å². The second kappa shape index (κ2) is 7.81. The Labute approximate surface area is 148 Å². The summed E-state index contributed by atoms with van der Waals surface area (Å²) in [6.45, 7) is 0.0168. The quantitative estimate of drug-likeness (QED) is 0.500. The molecule has 0 spiro atoms. The van der Waals surface area contributed by atoms with E-state index in [1.54, 1.807) is 48.5 Å². The first-order valence-electron chi connectivity index (χ1n) is 7.62. The molecule has 1 aromatic heterocycles. The van der Waals surface area contributed by atoms with Crippen molar-refractivity contribution in [2.75, 3.05) is 13.2 Å². The van der Waals surface area contributed by atoms with Gasteiger partial charge in [-0.25, -0.2) is 4.98 Å². The van der Waals surface area contributed by atoms with Crippen molar-refractivity contribution in [3.05, 3.63) is 70.2 Å². The number of nitrogens with zero attached hydrogens (tertiary/aromatic N) is 2. The van der Waals surface area contributed by atoms with E-state index in [1.165, 1.54) is 10.9 Å². The molecule has 0 saturated heterocycles. The summed E-state index contributed by atoms with van der Waals surface area (Å²) in [5.74, 6) is -0.0166. The van der Waals surface area contributed by atoms with Crippen molar-refractivity contribution in [3.63, 3.8) is 0 Å². The number of hydrogen-bond acceptors (Lipinski definition) is 5. The fourth-order valence-electron chi connectivity index (χ4n) is 2.27. The maximum absolute atomic E-state index is 12.3. The van der Waals surface area contributed by atoms with Crippen LogP contribution < -0.4 is 10.3 Å². The van der Waals surface area contributed by atoms with Crippen molar-refractivity contribution in [1.29, 1.82) is 0 Å². The molecule has 7 heteroatoms. The molecule has 0 N–H and O–H groups in total. The smallest absolute Gasteiger partial charge is 0.326 e. The minimum absolute atomic E-state index is 0.0554. The van der Waals surface area contributed by atoms with E-state index in [2.05, 4.69) is 4.98 Å². The van der Waals surface area contributed by atoms with E-state index in [4.69, 9.17) is 21.1 Å². The van der Waals surface area contributed by atoms with E-state index >= 15 is 0 Å². The standard InChI is InChI=1S/C18H15ClN2O4/c19-14-6-2-4-8-16(14)24-9-10-25-17(22)11-21-12-20-15-7-3-1-5-13(15)18(21)23/h1-8,12H,9-11H2. The van der Waals surface area contributed by atoms with E-state index in [-0.39, 0.29) is 25.3 Å². The van der Waals surface area contributed by atoms with E-state index in [0.29, 0.717) is 21.7 Å². The number of carbonyl (C=O) groups is 1. The van der Waals surface area contributed by atoms with E-state index in [1.807, 2.05) is 0 Å². The molecule has 0 saturated carbocycles. The van der Waals surface area contributed by atoms with Crippen LogP contribution >= 0.6 is 11.6 Å². The molecule has 0 amide bonds. The second-order valence-corrected chi connectivity index (χ2v) is 5.60. The first kappa shape index (κ1) is 17.0. The third-order valence-electron chi connectivity index (χ3n) is 3.47. The fraction of sp³-hybridized carbons (Fsp3) is 0.167. The average molecular weight is 359 g/mol. The topological polar surface area (TPSA) is 70.4 Å². The van der Waals surface area contributed by atoms with Gasteiger partial charge in [-0.2, -0.15) is 0 Å². The first-order valence-corrected chi connectivity index (χ1v) is 8.00. The molecule has 0 aliphatic rings. The van der Waals surface area contributed by atoms with Gasteiger partial charge in [-0.3, -0.25) is 14.2 Å². The maximum Gasteiger partial charge on any atom is 0.326 e. The molecule has 0 radical (unpaired) electrons. The minimum atomic E-state index is -0.540. The summed E-state index contributed by atoms with van der Waals surface area (Å²) in [6, 6.07) is 14.0. The third-order valence-corrected chi connectivity index (χ3v) is 3.78. The highest BCUT2D eigenvalue weighted by Gasteiger charge is 2.09. The highest BCUT2D eigenvalue weighted by Crippen LogP contribution is 2.22. The highest BCUT2D eigenvalue weighted by molar-refractivity contribution is 6.32. The van der Waals surface area contributed by atoms with Crippen LogP contribution in [0.3, 0.4) is 0 Å². The molecule has 6 nitrogen and oxygen atoms in total. The molecule has 2 aromatic carbocycles. The van der Waals surface area contributed by atoms with Crippen molar-refractivity contribution < 1.29 is 14.3 Å². The Morgan fingerprint density at radius 1 is 1.08 bits per heavy atom. The number of carbonyl (C=O) groups excluding carboxylic acids is 1. The number of fused-ring (bicyclic) bond motifs is 1. The normalized spacial score (nSPS) is 10.6. The monoisotopic (exact) mass is 358 g/mol. The van der Waals surface area contributed by atoms with Crippen LogP contribution in [0.15, 0.2) is 59.7 Å². The Bertz CT molecular complexity index is 955. The predicted octanol–water partition coefficient (Wildman–Crippen LogP) is 2.67. The van der Waals surface area contributed by atoms with E-state index in [0.717, 1.165) is 0 Å². The lowest BCUT2D eigenvalue weighted by atomic mass is 10.2. The molecule has 1 heterocycles. The van der Waals surface area contributed by atoms with Crippen LogP contribution in [0.5, 0.6) is 5.75 Å². The van der Waals surface area contributed by atoms with Crippen LogP contribution in [0.2, 0.25) is 5.02 Å². The zero-order chi connectivity index (χ0) is 17.6. The van der Waals surface area contributed by atoms with Gasteiger partial charge in [-0.1, -0.05) is 35.9 Å². The second-order valence-electron chi connectivity index (χ2n) is 5.19. The molecule has 0 unspecified atom stereocenters. The van der Waals surface area contributed by atoms with Crippen molar-refractivity contribution >= 4 is 28.5 Å². The summed E-state index contributed by atoms with van der Waals surface area (Å²) >= 11 is 5.96. The summed E-state index contributed by atoms with van der Waals surface area (Å²) < 4.78 is 11.7. The average Bonchev–Trinajstić information content (AvgIpc) is 2.63. The zero-order valence-corrected chi connectivity index (χ0v) is 14.0. The molecule has 0 bridgehead atoms. The number of esters is 1. The van der Waals surface area contributed by atoms with Gasteiger partial charge in [0.15, 0.2) is 0 Å². The maximum atomic E-state index is 12.3. The van der Waals surface area contributed by atoms with Gasteiger partial charge in [0.05, 0.1) is 22.3 Å². The number of ether oxygens (including phenoxy) is 2. The lowest BCUT2D eigenvalue weighted by Crippen LogP contribution is -2.26. The predicted molar refractivity (Wildman–Crippen MR) is 93.9 cm³/mol. The van der Waals surface area contributed by atoms with Crippen LogP contribution in [-0.4, -0.2) is 28.7 Å². The van der Waals surface area contributed by atoms with Gasteiger partial charge in [0, 0.05) is 0 Å². The summed E-state index contributed by atoms with van der Waals surface area (Å²) in [5.41, 5.74) is 0.306. The molecule has 0 aliphatic heterocycles. The van der Waals surface area contributed by atoms with Crippen molar-refractivity contribution in [2.24, 2.45) is 0 Å². The molecule has 0 atom stereocenters. The number of benzene rings is 2. The third kappa shape index (κ3) is 4.16. The number of rotatable bonds is 6. The molecule has 3 rings (SSSR count). The minimum Gasteiger partial charge on any atom is -0.488 e. The zero-order valence-electron chi connectivity index (χ0n) is 13.2. The number of para-hydroxylation sites is 2. The van der Waals surface area contributed by atoms with Gasteiger partial charge in [0.25, 0.3) is 5.56 Å². The van der Waals surface area contributed by atoms with Crippen LogP contribution in [0.4, 0.5) is 0 Å². The van der Waals surface area contributed by atoms with Crippen molar-refractivity contribution in [2.45, 2.75) is 6.54 Å². The molecule has 0 fully saturated rings. The molecule has 25 heavy (non-hydrogen) atoms. The van der Waals surface area contributed by atoms with E-state index in [9.17, 15) is 9.59 Å². The molecule has 3 aromatic rings. The molecule has 0 aliphatic carbocycles. The fourth-order valence-corrected chi connectivity index (χ4v) is 2.46.